The van der Waals surface area contributed by atoms with Crippen LogP contribution in [0.3, 0.4) is 0 Å². The molecule has 2 aromatic rings. The summed E-state index contributed by atoms with van der Waals surface area (Å²) >= 11 is 4.32. The van der Waals surface area contributed by atoms with Gasteiger partial charge < -0.3 is 14.8 Å². The standard InChI is InChI=1S/C16H15BrFN3O4S/c1-2-24-14(22)3-8-6-19-16(26-8)21-15(23)20-12-7-25-13-5-11(18)10(17)4-9(12)13/h4-6,12H,2-3,7H2,1H3,(H2,19,20,21,23). The molecule has 138 valence electrons. The zero-order valence-electron chi connectivity index (χ0n) is 13.7. The molecule has 0 radical (unpaired) electrons. The van der Waals surface area contributed by atoms with Crippen LogP contribution >= 0.6 is 27.3 Å². The second-order valence-corrected chi connectivity index (χ2v) is 7.35. The van der Waals surface area contributed by atoms with E-state index < -0.39 is 17.9 Å². The number of amides is 2. The summed E-state index contributed by atoms with van der Waals surface area (Å²) in [7, 11) is 0. The number of benzene rings is 1. The quantitative estimate of drug-likeness (QED) is 0.691. The molecule has 1 aliphatic rings. The van der Waals surface area contributed by atoms with Crippen LogP contribution in [0.25, 0.3) is 0 Å². The Balaban J connectivity index is 1.58. The van der Waals surface area contributed by atoms with Crippen molar-refractivity contribution in [3.63, 3.8) is 0 Å². The number of carbonyl (C=O) groups is 2. The number of urea groups is 1. The number of nitrogens with one attached hydrogen (secondary N) is 2. The molecule has 1 atom stereocenters. The van der Waals surface area contributed by atoms with E-state index in [-0.39, 0.29) is 19.0 Å². The zero-order valence-corrected chi connectivity index (χ0v) is 16.1. The van der Waals surface area contributed by atoms with Gasteiger partial charge in [-0.2, -0.15) is 0 Å². The molecular weight excluding hydrogens is 429 g/mol. The van der Waals surface area contributed by atoms with Crippen molar-refractivity contribution >= 4 is 44.4 Å². The first-order valence-electron chi connectivity index (χ1n) is 7.76. The van der Waals surface area contributed by atoms with Crippen molar-refractivity contribution in [1.82, 2.24) is 10.3 Å². The Morgan fingerprint density at radius 3 is 3.08 bits per heavy atom. The van der Waals surface area contributed by atoms with Crippen molar-refractivity contribution < 1.29 is 23.5 Å². The highest BCUT2D eigenvalue weighted by atomic mass is 79.9. The fraction of sp³-hybridized carbons (Fsp3) is 0.312. The number of thiazole rings is 1. The van der Waals surface area contributed by atoms with Gasteiger partial charge in [0, 0.05) is 22.7 Å². The van der Waals surface area contributed by atoms with E-state index in [1.807, 2.05) is 0 Å². The Kier molecular flexibility index (Phi) is 5.72. The Morgan fingerprint density at radius 1 is 1.50 bits per heavy atom. The summed E-state index contributed by atoms with van der Waals surface area (Å²) in [6.07, 6.45) is 1.63. The molecule has 1 unspecified atom stereocenters. The monoisotopic (exact) mass is 443 g/mol. The molecule has 7 nitrogen and oxygen atoms in total. The normalized spacial score (nSPS) is 15.1. The number of hydrogen-bond donors (Lipinski definition) is 2. The second-order valence-electron chi connectivity index (χ2n) is 5.38. The van der Waals surface area contributed by atoms with E-state index in [2.05, 4.69) is 31.5 Å². The van der Waals surface area contributed by atoms with E-state index >= 15 is 0 Å². The van der Waals surface area contributed by atoms with E-state index in [0.29, 0.717) is 32.4 Å². The smallest absolute Gasteiger partial charge is 0.321 e. The molecule has 2 N–H and O–H groups in total. The summed E-state index contributed by atoms with van der Waals surface area (Å²) in [4.78, 5) is 28.4. The van der Waals surface area contributed by atoms with E-state index in [1.54, 1.807) is 13.0 Å². The molecule has 1 aliphatic heterocycles. The van der Waals surface area contributed by atoms with Crippen LogP contribution in [0.1, 0.15) is 23.4 Å². The van der Waals surface area contributed by atoms with Crippen LogP contribution in [0.5, 0.6) is 5.75 Å². The number of fused-ring (bicyclic) bond motifs is 1. The Hall–Kier alpha value is -2.20. The SMILES string of the molecule is CCOC(=O)Cc1cnc(NC(=O)NC2COc3cc(F)c(Br)cc32)s1. The van der Waals surface area contributed by atoms with Gasteiger partial charge in [0.25, 0.3) is 0 Å². The average molecular weight is 444 g/mol. The summed E-state index contributed by atoms with van der Waals surface area (Å²) < 4.78 is 24.1. The summed E-state index contributed by atoms with van der Waals surface area (Å²) in [5, 5.41) is 5.73. The van der Waals surface area contributed by atoms with Crippen LogP contribution < -0.4 is 15.4 Å². The van der Waals surface area contributed by atoms with Gasteiger partial charge in [0.1, 0.15) is 18.2 Å². The Bertz CT molecular complexity index is 845. The lowest BCUT2D eigenvalue weighted by Gasteiger charge is -2.12. The van der Waals surface area contributed by atoms with Crippen LogP contribution in [0, 0.1) is 5.82 Å². The third kappa shape index (κ3) is 4.31. The molecule has 26 heavy (non-hydrogen) atoms. The number of esters is 1. The van der Waals surface area contributed by atoms with Crippen molar-refractivity contribution in [2.45, 2.75) is 19.4 Å². The molecule has 0 aliphatic carbocycles. The van der Waals surface area contributed by atoms with Crippen LogP contribution in [0.2, 0.25) is 0 Å². The van der Waals surface area contributed by atoms with Gasteiger partial charge in [-0.05, 0) is 28.9 Å². The van der Waals surface area contributed by atoms with Crippen LogP contribution in [-0.4, -0.2) is 30.2 Å². The minimum atomic E-state index is -0.469. The highest BCUT2D eigenvalue weighted by Crippen LogP contribution is 2.36. The van der Waals surface area contributed by atoms with E-state index in [9.17, 15) is 14.0 Å². The fourth-order valence-corrected chi connectivity index (χ4v) is 3.57. The summed E-state index contributed by atoms with van der Waals surface area (Å²) in [5.74, 6) is -0.364. The summed E-state index contributed by atoms with van der Waals surface area (Å²) in [5.41, 5.74) is 0.690. The van der Waals surface area contributed by atoms with Gasteiger partial charge in [0.2, 0.25) is 0 Å². The van der Waals surface area contributed by atoms with Crippen molar-refractivity contribution in [3.8, 4) is 5.75 Å². The molecule has 2 heterocycles. The van der Waals surface area contributed by atoms with Crippen molar-refractivity contribution in [1.29, 1.82) is 0 Å². The first-order valence-corrected chi connectivity index (χ1v) is 9.36. The van der Waals surface area contributed by atoms with Crippen molar-refractivity contribution in [3.05, 3.63) is 39.1 Å². The lowest BCUT2D eigenvalue weighted by Crippen LogP contribution is -2.33. The van der Waals surface area contributed by atoms with E-state index in [0.717, 1.165) is 0 Å². The number of nitrogens with zero attached hydrogens (tertiary/aromatic N) is 1. The molecule has 0 saturated heterocycles. The zero-order chi connectivity index (χ0) is 18.7. The van der Waals surface area contributed by atoms with Gasteiger partial charge in [-0.1, -0.05) is 0 Å². The molecule has 0 saturated carbocycles. The topological polar surface area (TPSA) is 89.5 Å². The number of halogens is 2. The molecule has 1 aromatic heterocycles. The highest BCUT2D eigenvalue weighted by Gasteiger charge is 2.27. The Labute approximate surface area is 161 Å². The first kappa shape index (κ1) is 18.6. The van der Waals surface area contributed by atoms with Crippen LogP contribution in [0.15, 0.2) is 22.8 Å². The van der Waals surface area contributed by atoms with Gasteiger partial charge in [-0.3, -0.25) is 10.1 Å². The predicted molar refractivity (Wildman–Crippen MR) is 96.9 cm³/mol. The number of aromatic nitrogens is 1. The fourth-order valence-electron chi connectivity index (χ4n) is 2.42. The third-order valence-electron chi connectivity index (χ3n) is 3.54. The number of hydrogen-bond acceptors (Lipinski definition) is 6. The van der Waals surface area contributed by atoms with Crippen molar-refractivity contribution in [2.75, 3.05) is 18.5 Å². The maximum atomic E-state index is 13.5. The predicted octanol–water partition coefficient (Wildman–Crippen LogP) is 3.41. The van der Waals surface area contributed by atoms with Gasteiger partial charge in [0.05, 0.1) is 23.5 Å². The summed E-state index contributed by atoms with van der Waals surface area (Å²) in [6, 6.07) is 2.00. The second kappa shape index (κ2) is 8.00. The number of ether oxygens (including phenoxy) is 2. The molecule has 0 fully saturated rings. The average Bonchev–Trinajstić information content (AvgIpc) is 3.16. The molecule has 0 bridgehead atoms. The lowest BCUT2D eigenvalue weighted by molar-refractivity contribution is -0.142. The van der Waals surface area contributed by atoms with Gasteiger partial charge >= 0.3 is 12.0 Å². The van der Waals surface area contributed by atoms with Gasteiger partial charge in [-0.15, -0.1) is 11.3 Å². The third-order valence-corrected chi connectivity index (χ3v) is 5.06. The van der Waals surface area contributed by atoms with Gasteiger partial charge in [0.15, 0.2) is 5.13 Å². The maximum Gasteiger partial charge on any atom is 0.321 e. The number of anilines is 1. The minimum absolute atomic E-state index is 0.109. The minimum Gasteiger partial charge on any atom is -0.491 e. The first-order chi connectivity index (χ1) is 12.5. The highest BCUT2D eigenvalue weighted by molar-refractivity contribution is 9.10. The molecule has 10 heteroatoms. The van der Waals surface area contributed by atoms with Gasteiger partial charge in [-0.25, -0.2) is 14.2 Å². The number of rotatable bonds is 5. The van der Waals surface area contributed by atoms with Crippen LogP contribution in [-0.2, 0) is 16.0 Å². The van der Waals surface area contributed by atoms with Crippen molar-refractivity contribution in [2.24, 2.45) is 0 Å². The molecule has 2 amide bonds. The number of carbonyl (C=O) groups excluding carboxylic acids is 2. The van der Waals surface area contributed by atoms with E-state index in [4.69, 9.17) is 9.47 Å². The molecular formula is C16H15BrFN3O4S. The molecule has 0 spiro atoms. The van der Waals surface area contributed by atoms with Crippen LogP contribution in [0.4, 0.5) is 14.3 Å². The maximum absolute atomic E-state index is 13.5. The Morgan fingerprint density at radius 2 is 2.31 bits per heavy atom. The largest absolute Gasteiger partial charge is 0.491 e. The lowest BCUT2D eigenvalue weighted by atomic mass is 10.1. The molecule has 1 aromatic carbocycles. The molecule has 3 rings (SSSR count). The van der Waals surface area contributed by atoms with E-state index in [1.165, 1.54) is 23.6 Å². The summed E-state index contributed by atoms with van der Waals surface area (Å²) in [6.45, 7) is 2.26.